The molecule has 2 N–H and O–H groups in total. The molecule has 0 aliphatic heterocycles. The lowest BCUT2D eigenvalue weighted by atomic mass is 9.76. The van der Waals surface area contributed by atoms with Crippen LogP contribution in [0.15, 0.2) is 18.2 Å². The van der Waals surface area contributed by atoms with E-state index in [2.05, 4.69) is 0 Å². The molecule has 1 aromatic carbocycles. The molecular formula is C10H13BO3. The number of hydrogen-bond acceptors (Lipinski definition) is 3. The van der Waals surface area contributed by atoms with E-state index in [1.54, 1.807) is 13.2 Å². The molecule has 4 heteroatoms. The zero-order chi connectivity index (χ0) is 10.1. The second-order valence-electron chi connectivity index (χ2n) is 3.64. The van der Waals surface area contributed by atoms with Gasteiger partial charge in [0.2, 0.25) is 0 Å². The topological polar surface area (TPSA) is 49.7 Å². The summed E-state index contributed by atoms with van der Waals surface area (Å²) in [4.78, 5) is 0. The molecule has 2 rings (SSSR count). The lowest BCUT2D eigenvalue weighted by molar-refractivity contribution is 0.411. The highest BCUT2D eigenvalue weighted by molar-refractivity contribution is 6.59. The summed E-state index contributed by atoms with van der Waals surface area (Å²) in [5, 5.41) is 18.4. The van der Waals surface area contributed by atoms with E-state index >= 15 is 0 Å². The maximum absolute atomic E-state index is 9.20. The highest BCUT2D eigenvalue weighted by atomic mass is 16.5. The molecule has 0 radical (unpaired) electrons. The van der Waals surface area contributed by atoms with Gasteiger partial charge in [-0.2, -0.15) is 0 Å². The van der Waals surface area contributed by atoms with Gasteiger partial charge in [0.1, 0.15) is 5.75 Å². The minimum Gasteiger partial charge on any atom is -0.497 e. The van der Waals surface area contributed by atoms with Crippen LogP contribution in [0, 0.1) is 0 Å². The fraction of sp³-hybridized carbons (Fsp3) is 0.400. The summed E-state index contributed by atoms with van der Waals surface area (Å²) in [6.45, 7) is 0. The first-order valence-electron chi connectivity index (χ1n) is 4.76. The number of hydrogen-bond donors (Lipinski definition) is 2. The maximum atomic E-state index is 9.20. The molecule has 0 atom stereocenters. The monoisotopic (exact) mass is 192 g/mol. The Morgan fingerprint density at radius 2 is 2.07 bits per heavy atom. The Bertz CT molecular complexity index is 334. The Hall–Kier alpha value is -0.995. The first-order chi connectivity index (χ1) is 6.72. The van der Waals surface area contributed by atoms with Crippen LogP contribution >= 0.6 is 0 Å². The quantitative estimate of drug-likeness (QED) is 0.675. The molecule has 74 valence electrons. The molecule has 1 aromatic rings. The first-order valence-corrected chi connectivity index (χ1v) is 4.76. The van der Waals surface area contributed by atoms with Gasteiger partial charge in [0.25, 0.3) is 0 Å². The lowest BCUT2D eigenvalue weighted by Gasteiger charge is -2.09. The second kappa shape index (κ2) is 3.63. The van der Waals surface area contributed by atoms with E-state index in [1.807, 2.05) is 12.1 Å². The normalized spacial score (nSPS) is 15.4. The summed E-state index contributed by atoms with van der Waals surface area (Å²) >= 11 is 0. The van der Waals surface area contributed by atoms with Crippen molar-refractivity contribution in [3.63, 3.8) is 0 Å². The molecule has 1 aliphatic rings. The summed E-state index contributed by atoms with van der Waals surface area (Å²) < 4.78 is 5.04. The summed E-state index contributed by atoms with van der Waals surface area (Å²) in [7, 11) is 0.167. The number of ether oxygens (including phenoxy) is 1. The average Bonchev–Trinajstić information content (AvgIpc) is 3.00. The van der Waals surface area contributed by atoms with Crippen LogP contribution < -0.4 is 10.2 Å². The van der Waals surface area contributed by atoms with Gasteiger partial charge in [-0.15, -0.1) is 0 Å². The van der Waals surface area contributed by atoms with Crippen molar-refractivity contribution in [2.45, 2.75) is 18.8 Å². The fourth-order valence-electron chi connectivity index (χ4n) is 1.67. The van der Waals surface area contributed by atoms with Crippen molar-refractivity contribution in [1.82, 2.24) is 0 Å². The van der Waals surface area contributed by atoms with Crippen LogP contribution in [0.3, 0.4) is 0 Å². The van der Waals surface area contributed by atoms with Crippen molar-refractivity contribution >= 4 is 12.6 Å². The van der Waals surface area contributed by atoms with Crippen molar-refractivity contribution in [1.29, 1.82) is 0 Å². The Morgan fingerprint density at radius 1 is 1.36 bits per heavy atom. The predicted molar refractivity (Wildman–Crippen MR) is 54.8 cm³/mol. The zero-order valence-corrected chi connectivity index (χ0v) is 8.10. The summed E-state index contributed by atoms with van der Waals surface area (Å²) in [6, 6.07) is 5.48. The van der Waals surface area contributed by atoms with Crippen LogP contribution in [-0.4, -0.2) is 24.3 Å². The SMILES string of the molecule is COc1ccc(C2CC2)c(B(O)O)c1. The molecule has 0 saturated heterocycles. The van der Waals surface area contributed by atoms with Crippen molar-refractivity contribution in [2.75, 3.05) is 7.11 Å². The fourth-order valence-corrected chi connectivity index (χ4v) is 1.67. The Morgan fingerprint density at radius 3 is 2.57 bits per heavy atom. The zero-order valence-electron chi connectivity index (χ0n) is 8.10. The van der Waals surface area contributed by atoms with Crippen LogP contribution in [0.5, 0.6) is 5.75 Å². The largest absolute Gasteiger partial charge is 0.497 e. The predicted octanol–water partition coefficient (Wildman–Crippen LogP) is 0.252. The number of rotatable bonds is 3. The van der Waals surface area contributed by atoms with E-state index in [0.717, 1.165) is 18.4 Å². The minimum atomic E-state index is -1.40. The number of methoxy groups -OCH3 is 1. The summed E-state index contributed by atoms with van der Waals surface area (Å²) in [5.41, 5.74) is 1.62. The Labute approximate surface area is 83.5 Å². The molecule has 0 bridgehead atoms. The van der Waals surface area contributed by atoms with Crippen LogP contribution in [0.2, 0.25) is 0 Å². The molecule has 0 spiro atoms. The van der Waals surface area contributed by atoms with E-state index in [4.69, 9.17) is 4.74 Å². The van der Waals surface area contributed by atoms with E-state index in [0.29, 0.717) is 17.1 Å². The Balaban J connectivity index is 2.38. The standard InChI is InChI=1S/C10H13BO3/c1-14-8-4-5-9(7-2-3-7)10(6-8)11(12)13/h4-7,12-13H,2-3H2,1H3. The van der Waals surface area contributed by atoms with Gasteiger partial charge in [-0.3, -0.25) is 0 Å². The number of benzene rings is 1. The summed E-state index contributed by atoms with van der Waals surface area (Å²) in [5.74, 6) is 1.18. The van der Waals surface area contributed by atoms with Gasteiger partial charge >= 0.3 is 7.12 Å². The van der Waals surface area contributed by atoms with Gasteiger partial charge in [0.15, 0.2) is 0 Å². The molecule has 0 unspecified atom stereocenters. The van der Waals surface area contributed by atoms with Gasteiger partial charge in [0, 0.05) is 0 Å². The molecule has 1 aliphatic carbocycles. The highest BCUT2D eigenvalue weighted by Gasteiger charge is 2.29. The van der Waals surface area contributed by atoms with Crippen LogP contribution in [0.1, 0.15) is 24.3 Å². The maximum Gasteiger partial charge on any atom is 0.488 e. The van der Waals surface area contributed by atoms with Crippen LogP contribution in [0.4, 0.5) is 0 Å². The van der Waals surface area contributed by atoms with Gasteiger partial charge in [-0.25, -0.2) is 0 Å². The van der Waals surface area contributed by atoms with Gasteiger partial charge in [0.05, 0.1) is 7.11 Å². The van der Waals surface area contributed by atoms with E-state index in [-0.39, 0.29) is 0 Å². The van der Waals surface area contributed by atoms with Crippen molar-refractivity contribution < 1.29 is 14.8 Å². The third-order valence-electron chi connectivity index (χ3n) is 2.59. The Kier molecular flexibility index (Phi) is 2.48. The summed E-state index contributed by atoms with van der Waals surface area (Å²) in [6.07, 6.45) is 2.29. The minimum absolute atomic E-state index is 0.512. The van der Waals surface area contributed by atoms with Crippen LogP contribution in [-0.2, 0) is 0 Å². The molecular weight excluding hydrogens is 179 g/mol. The molecule has 0 aromatic heterocycles. The lowest BCUT2D eigenvalue weighted by Crippen LogP contribution is -2.32. The van der Waals surface area contributed by atoms with Crippen molar-refractivity contribution in [2.24, 2.45) is 0 Å². The van der Waals surface area contributed by atoms with Crippen LogP contribution in [0.25, 0.3) is 0 Å². The molecule has 1 fully saturated rings. The molecule has 0 amide bonds. The molecule has 14 heavy (non-hydrogen) atoms. The highest BCUT2D eigenvalue weighted by Crippen LogP contribution is 2.39. The second-order valence-corrected chi connectivity index (χ2v) is 3.64. The van der Waals surface area contributed by atoms with Gasteiger partial charge in [-0.1, -0.05) is 6.07 Å². The molecule has 0 heterocycles. The smallest absolute Gasteiger partial charge is 0.488 e. The van der Waals surface area contributed by atoms with E-state index in [9.17, 15) is 10.0 Å². The third kappa shape index (κ3) is 1.76. The van der Waals surface area contributed by atoms with E-state index < -0.39 is 7.12 Å². The van der Waals surface area contributed by atoms with Gasteiger partial charge < -0.3 is 14.8 Å². The third-order valence-corrected chi connectivity index (χ3v) is 2.59. The van der Waals surface area contributed by atoms with Gasteiger partial charge in [-0.05, 0) is 41.9 Å². The van der Waals surface area contributed by atoms with Crippen molar-refractivity contribution in [3.05, 3.63) is 23.8 Å². The van der Waals surface area contributed by atoms with E-state index in [1.165, 1.54) is 0 Å². The molecule has 3 nitrogen and oxygen atoms in total. The van der Waals surface area contributed by atoms with Crippen molar-refractivity contribution in [3.8, 4) is 5.75 Å². The molecule has 1 saturated carbocycles. The first kappa shape index (κ1) is 9.56. The average molecular weight is 192 g/mol.